The maximum Gasteiger partial charge on any atom is 0.174 e. The van der Waals surface area contributed by atoms with Crippen LogP contribution < -0.4 is 0 Å². The molecule has 5 rings (SSSR count). The van der Waals surface area contributed by atoms with Gasteiger partial charge in [0.1, 0.15) is 0 Å². The van der Waals surface area contributed by atoms with E-state index in [0.29, 0.717) is 25.0 Å². The summed E-state index contributed by atoms with van der Waals surface area (Å²) in [6, 6.07) is 8.07. The van der Waals surface area contributed by atoms with Gasteiger partial charge in [-0.2, -0.15) is 0 Å². The number of fused-ring (bicyclic) bond motifs is 2. The van der Waals surface area contributed by atoms with Crippen molar-refractivity contribution in [1.29, 1.82) is 0 Å². The third-order valence-corrected chi connectivity index (χ3v) is 10.5. The molecule has 33 heavy (non-hydrogen) atoms. The average molecular weight is 473 g/mol. The fourth-order valence-electron chi connectivity index (χ4n) is 8.14. The van der Waals surface area contributed by atoms with Crippen LogP contribution in [0.3, 0.4) is 0 Å². The molecule has 1 heterocycles. The lowest BCUT2D eigenvalue weighted by Crippen LogP contribution is -2.56. The van der Waals surface area contributed by atoms with E-state index in [-0.39, 0.29) is 22.9 Å². The fraction of sp³-hybridized carbons (Fsp3) is 0.724. The van der Waals surface area contributed by atoms with Crippen molar-refractivity contribution < 1.29 is 14.6 Å². The highest BCUT2D eigenvalue weighted by Gasteiger charge is 2.66. The molecule has 4 heteroatoms. The van der Waals surface area contributed by atoms with Gasteiger partial charge in [-0.15, -0.1) is 0 Å². The van der Waals surface area contributed by atoms with Gasteiger partial charge in [-0.3, -0.25) is 0 Å². The molecule has 4 aliphatic rings. The van der Waals surface area contributed by atoms with E-state index in [1.165, 1.54) is 24.8 Å². The van der Waals surface area contributed by atoms with Gasteiger partial charge in [0.05, 0.1) is 19.3 Å². The predicted molar refractivity (Wildman–Crippen MR) is 134 cm³/mol. The summed E-state index contributed by atoms with van der Waals surface area (Å²) in [5.74, 6) is 1.53. The summed E-state index contributed by atoms with van der Waals surface area (Å²) in [5, 5.41) is 12.6. The zero-order chi connectivity index (χ0) is 23.3. The number of benzene rings is 1. The number of rotatable bonds is 4. The Balaban J connectivity index is 1.34. The maximum absolute atomic E-state index is 11.8. The van der Waals surface area contributed by atoms with E-state index in [9.17, 15) is 5.11 Å². The summed E-state index contributed by atoms with van der Waals surface area (Å²) in [6.07, 6.45) is 13.3. The fourth-order valence-corrected chi connectivity index (χ4v) is 8.27. The molecule has 0 radical (unpaired) electrons. The summed E-state index contributed by atoms with van der Waals surface area (Å²) in [7, 11) is 0. The first-order valence-electron chi connectivity index (χ1n) is 13.2. The van der Waals surface area contributed by atoms with E-state index in [1.807, 2.05) is 12.1 Å². The summed E-state index contributed by atoms with van der Waals surface area (Å²) in [5.41, 5.74) is 1.30. The van der Waals surface area contributed by atoms with Crippen LogP contribution in [0.1, 0.15) is 77.7 Å². The van der Waals surface area contributed by atoms with Crippen molar-refractivity contribution in [2.75, 3.05) is 13.2 Å². The minimum absolute atomic E-state index is 0.0677. The van der Waals surface area contributed by atoms with Gasteiger partial charge in [-0.25, -0.2) is 0 Å². The Morgan fingerprint density at radius 3 is 2.42 bits per heavy atom. The van der Waals surface area contributed by atoms with Gasteiger partial charge in [0, 0.05) is 16.9 Å². The van der Waals surface area contributed by atoms with Crippen molar-refractivity contribution in [3.05, 3.63) is 40.9 Å². The summed E-state index contributed by atoms with van der Waals surface area (Å²) < 4.78 is 12.4. The highest BCUT2D eigenvalue weighted by molar-refractivity contribution is 6.30. The Bertz CT molecular complexity index is 860. The zero-order valence-electron chi connectivity index (χ0n) is 20.6. The maximum atomic E-state index is 11.8. The molecule has 1 aromatic carbocycles. The van der Waals surface area contributed by atoms with Crippen molar-refractivity contribution in [1.82, 2.24) is 0 Å². The van der Waals surface area contributed by atoms with Crippen LogP contribution in [0.25, 0.3) is 6.08 Å². The lowest BCUT2D eigenvalue weighted by molar-refractivity contribution is -0.249. The zero-order valence-corrected chi connectivity index (χ0v) is 21.3. The smallest absolute Gasteiger partial charge is 0.174 e. The highest BCUT2D eigenvalue weighted by atomic mass is 35.5. The van der Waals surface area contributed by atoms with Crippen LogP contribution in [0.2, 0.25) is 5.02 Å². The SMILES string of the molecule is C[C@H]1CC[C@](C)(C2CC[C@@]3(C)C(CCC34OCCO4)[C@@H]2O)[C@@H](C/C=C\c2ccc(Cl)cc2)C1. The van der Waals surface area contributed by atoms with Crippen LogP contribution in [0.4, 0.5) is 0 Å². The number of aliphatic hydroxyl groups is 1. The lowest BCUT2D eigenvalue weighted by atomic mass is 9.50. The van der Waals surface area contributed by atoms with Crippen LogP contribution in [-0.2, 0) is 9.47 Å². The summed E-state index contributed by atoms with van der Waals surface area (Å²) in [4.78, 5) is 0. The largest absolute Gasteiger partial charge is 0.393 e. The van der Waals surface area contributed by atoms with Crippen LogP contribution in [-0.4, -0.2) is 30.2 Å². The molecule has 7 atom stereocenters. The molecule has 2 unspecified atom stereocenters. The second-order valence-electron chi connectivity index (χ2n) is 11.9. The summed E-state index contributed by atoms with van der Waals surface area (Å²) in [6.45, 7) is 8.61. The van der Waals surface area contributed by atoms with Crippen molar-refractivity contribution in [2.24, 2.45) is 34.5 Å². The van der Waals surface area contributed by atoms with Crippen molar-refractivity contribution in [3.63, 3.8) is 0 Å². The molecule has 0 aromatic heterocycles. The number of hydrogen-bond acceptors (Lipinski definition) is 3. The van der Waals surface area contributed by atoms with E-state index in [2.05, 4.69) is 45.1 Å². The Kier molecular flexibility index (Phi) is 6.48. The minimum Gasteiger partial charge on any atom is -0.393 e. The van der Waals surface area contributed by atoms with Gasteiger partial charge in [0.15, 0.2) is 5.79 Å². The van der Waals surface area contributed by atoms with E-state index < -0.39 is 5.79 Å². The molecular formula is C29H41ClO3. The predicted octanol–water partition coefficient (Wildman–Crippen LogP) is 7.12. The Labute approximate surface area is 204 Å². The Morgan fingerprint density at radius 1 is 1.00 bits per heavy atom. The van der Waals surface area contributed by atoms with Crippen molar-refractivity contribution >= 4 is 17.7 Å². The topological polar surface area (TPSA) is 38.7 Å². The van der Waals surface area contributed by atoms with Crippen LogP contribution in [0, 0.1) is 34.5 Å². The first-order chi connectivity index (χ1) is 15.8. The molecule has 0 amide bonds. The number of ether oxygens (including phenoxy) is 2. The summed E-state index contributed by atoms with van der Waals surface area (Å²) >= 11 is 6.04. The van der Waals surface area contributed by atoms with Crippen LogP contribution in [0.15, 0.2) is 30.3 Å². The van der Waals surface area contributed by atoms with Gasteiger partial charge < -0.3 is 14.6 Å². The molecule has 0 bridgehead atoms. The second-order valence-corrected chi connectivity index (χ2v) is 12.4. The van der Waals surface area contributed by atoms with E-state index in [0.717, 1.165) is 43.0 Å². The number of allylic oxidation sites excluding steroid dienone is 1. The molecule has 1 aliphatic heterocycles. The molecule has 182 valence electrons. The van der Waals surface area contributed by atoms with Gasteiger partial charge >= 0.3 is 0 Å². The molecule has 1 N–H and O–H groups in total. The van der Waals surface area contributed by atoms with Gasteiger partial charge in [0.2, 0.25) is 0 Å². The molecule has 4 fully saturated rings. The monoisotopic (exact) mass is 472 g/mol. The third kappa shape index (κ3) is 4.01. The number of hydrogen-bond donors (Lipinski definition) is 1. The Hall–Kier alpha value is -0.870. The molecule has 3 nitrogen and oxygen atoms in total. The normalized spacial score (nSPS) is 42.8. The first kappa shape index (κ1) is 23.9. The van der Waals surface area contributed by atoms with Crippen LogP contribution >= 0.6 is 11.6 Å². The van der Waals surface area contributed by atoms with E-state index >= 15 is 0 Å². The van der Waals surface area contributed by atoms with E-state index in [1.54, 1.807) is 0 Å². The minimum atomic E-state index is -0.452. The van der Waals surface area contributed by atoms with Crippen molar-refractivity contribution in [2.45, 2.75) is 84.0 Å². The molecule has 1 aromatic rings. The number of aliphatic hydroxyl groups excluding tert-OH is 1. The standard InChI is InChI=1S/C29H41ClO3/c1-20-11-14-27(2,22(19-20)6-4-5-21-7-9-23(30)10-8-21)24-12-15-28(3)25(26(24)31)13-16-29(28)32-17-18-33-29/h4-5,7-10,20,22,24-26,31H,6,11-19H2,1-3H3/b5-4-/t20-,22-,24?,25?,26+,27-,28-/m0/s1. The average Bonchev–Trinajstić information content (AvgIpc) is 3.39. The molecular weight excluding hydrogens is 432 g/mol. The third-order valence-electron chi connectivity index (χ3n) is 10.3. The highest BCUT2D eigenvalue weighted by Crippen LogP contribution is 2.65. The quantitative estimate of drug-likeness (QED) is 0.507. The number of halogens is 1. The van der Waals surface area contributed by atoms with Gasteiger partial charge in [-0.05, 0) is 85.3 Å². The molecule has 3 aliphatic carbocycles. The molecule has 3 saturated carbocycles. The van der Waals surface area contributed by atoms with Gasteiger partial charge in [-0.1, -0.05) is 63.1 Å². The first-order valence-corrected chi connectivity index (χ1v) is 13.5. The second kappa shape index (κ2) is 8.97. The van der Waals surface area contributed by atoms with E-state index in [4.69, 9.17) is 21.1 Å². The molecule has 1 saturated heterocycles. The van der Waals surface area contributed by atoms with Crippen LogP contribution in [0.5, 0.6) is 0 Å². The van der Waals surface area contributed by atoms with Gasteiger partial charge in [0.25, 0.3) is 0 Å². The Morgan fingerprint density at radius 2 is 1.70 bits per heavy atom. The lowest BCUT2D eigenvalue weighted by Gasteiger charge is -2.56. The molecule has 1 spiro atoms. The van der Waals surface area contributed by atoms with Crippen molar-refractivity contribution in [3.8, 4) is 0 Å².